The van der Waals surface area contributed by atoms with Crippen molar-refractivity contribution in [3.63, 3.8) is 0 Å². The molecule has 1 saturated carbocycles. The Kier molecular flexibility index (Phi) is 4.36. The molecule has 0 unspecified atom stereocenters. The van der Waals surface area contributed by atoms with E-state index in [0.29, 0.717) is 4.75 Å². The first-order valence-corrected chi connectivity index (χ1v) is 8.54. The molecule has 1 heterocycles. The van der Waals surface area contributed by atoms with E-state index in [9.17, 15) is 4.39 Å². The van der Waals surface area contributed by atoms with Gasteiger partial charge in [-0.05, 0) is 55.5 Å². The maximum absolute atomic E-state index is 12.9. The highest BCUT2D eigenvalue weighted by Crippen LogP contribution is 2.42. The summed E-state index contributed by atoms with van der Waals surface area (Å²) in [7, 11) is 0. The van der Waals surface area contributed by atoms with Crippen molar-refractivity contribution in [2.24, 2.45) is 0 Å². The number of hydrogen-bond donors (Lipinski definition) is 1. The van der Waals surface area contributed by atoms with E-state index in [1.165, 1.54) is 31.4 Å². The van der Waals surface area contributed by atoms with Crippen molar-refractivity contribution in [3.05, 3.63) is 48.0 Å². The van der Waals surface area contributed by atoms with Crippen LogP contribution in [0.25, 0.3) is 11.3 Å². The van der Waals surface area contributed by atoms with Crippen LogP contribution in [-0.4, -0.2) is 17.5 Å². The number of thioether (sulfide) groups is 1. The Hall–Kier alpha value is -1.26. The summed E-state index contributed by atoms with van der Waals surface area (Å²) in [5.74, 6) is 1.48. The van der Waals surface area contributed by atoms with Gasteiger partial charge in [0.1, 0.15) is 17.3 Å². The van der Waals surface area contributed by atoms with Crippen LogP contribution in [0, 0.1) is 5.82 Å². The van der Waals surface area contributed by atoms with E-state index >= 15 is 0 Å². The van der Waals surface area contributed by atoms with Gasteiger partial charge < -0.3 is 9.73 Å². The maximum atomic E-state index is 12.9. The minimum Gasteiger partial charge on any atom is -0.460 e. The molecule has 0 radical (unpaired) electrons. The fourth-order valence-electron chi connectivity index (χ4n) is 2.68. The Morgan fingerprint density at radius 3 is 2.57 bits per heavy atom. The normalized spacial score (nSPS) is 16.7. The van der Waals surface area contributed by atoms with Crippen LogP contribution in [-0.2, 0) is 6.54 Å². The molecule has 21 heavy (non-hydrogen) atoms. The lowest BCUT2D eigenvalue weighted by Crippen LogP contribution is -2.43. The summed E-state index contributed by atoms with van der Waals surface area (Å²) in [6.45, 7) is 1.77. The zero-order valence-electron chi connectivity index (χ0n) is 12.2. The van der Waals surface area contributed by atoms with E-state index in [1.807, 2.05) is 23.9 Å². The number of furan rings is 1. The molecule has 112 valence electrons. The second-order valence-corrected chi connectivity index (χ2v) is 6.89. The lowest BCUT2D eigenvalue weighted by molar-refractivity contribution is 0.340. The van der Waals surface area contributed by atoms with Gasteiger partial charge in [-0.1, -0.05) is 6.42 Å². The minimum absolute atomic E-state index is 0.227. The highest BCUT2D eigenvalue weighted by Gasteiger charge is 2.35. The lowest BCUT2D eigenvalue weighted by atomic mass is 9.84. The van der Waals surface area contributed by atoms with Crippen LogP contribution in [0.4, 0.5) is 4.39 Å². The summed E-state index contributed by atoms with van der Waals surface area (Å²) in [6, 6.07) is 10.3. The number of benzene rings is 1. The maximum Gasteiger partial charge on any atom is 0.134 e. The number of rotatable bonds is 6. The number of hydrogen-bond acceptors (Lipinski definition) is 3. The third kappa shape index (κ3) is 3.33. The Morgan fingerprint density at radius 1 is 1.19 bits per heavy atom. The van der Waals surface area contributed by atoms with Gasteiger partial charge in [0.05, 0.1) is 6.54 Å². The first-order chi connectivity index (χ1) is 10.2. The Labute approximate surface area is 129 Å². The summed E-state index contributed by atoms with van der Waals surface area (Å²) in [6.07, 6.45) is 6.15. The van der Waals surface area contributed by atoms with Crippen molar-refractivity contribution in [2.45, 2.75) is 30.6 Å². The second kappa shape index (κ2) is 6.24. The monoisotopic (exact) mass is 305 g/mol. The lowest BCUT2D eigenvalue weighted by Gasteiger charge is -2.40. The molecule has 1 aliphatic rings. The molecule has 0 bridgehead atoms. The van der Waals surface area contributed by atoms with E-state index < -0.39 is 0 Å². The minimum atomic E-state index is -0.227. The summed E-state index contributed by atoms with van der Waals surface area (Å²) < 4.78 is 19.2. The molecule has 1 aromatic carbocycles. The quantitative estimate of drug-likeness (QED) is 0.853. The fraction of sp³-hybridized carbons (Fsp3) is 0.412. The molecule has 2 aromatic rings. The van der Waals surface area contributed by atoms with E-state index in [1.54, 1.807) is 12.1 Å². The average Bonchev–Trinajstić information content (AvgIpc) is 2.91. The van der Waals surface area contributed by atoms with Crippen LogP contribution in [0.15, 0.2) is 40.8 Å². The van der Waals surface area contributed by atoms with Gasteiger partial charge in [0.15, 0.2) is 0 Å². The van der Waals surface area contributed by atoms with E-state index in [4.69, 9.17) is 4.42 Å². The highest BCUT2D eigenvalue weighted by atomic mass is 32.2. The van der Waals surface area contributed by atoms with Crippen LogP contribution in [0.2, 0.25) is 0 Å². The van der Waals surface area contributed by atoms with Crippen molar-refractivity contribution < 1.29 is 8.81 Å². The van der Waals surface area contributed by atoms with Gasteiger partial charge in [-0.25, -0.2) is 4.39 Å². The van der Waals surface area contributed by atoms with Crippen LogP contribution in [0.3, 0.4) is 0 Å². The van der Waals surface area contributed by atoms with Crippen molar-refractivity contribution in [1.82, 2.24) is 5.32 Å². The van der Waals surface area contributed by atoms with Crippen molar-refractivity contribution in [2.75, 3.05) is 12.8 Å². The first kappa shape index (κ1) is 14.7. The third-order valence-corrected chi connectivity index (χ3v) is 5.65. The first-order valence-electron chi connectivity index (χ1n) is 7.31. The molecule has 4 heteroatoms. The molecule has 2 nitrogen and oxygen atoms in total. The van der Waals surface area contributed by atoms with Crippen LogP contribution >= 0.6 is 11.8 Å². The Morgan fingerprint density at radius 2 is 1.95 bits per heavy atom. The fourth-order valence-corrected chi connectivity index (χ4v) is 3.62. The van der Waals surface area contributed by atoms with Gasteiger partial charge >= 0.3 is 0 Å². The molecule has 0 amide bonds. The zero-order valence-corrected chi connectivity index (χ0v) is 13.0. The molecule has 1 fully saturated rings. The topological polar surface area (TPSA) is 25.2 Å². The molecule has 0 spiro atoms. The summed E-state index contributed by atoms with van der Waals surface area (Å²) in [5.41, 5.74) is 0.905. The summed E-state index contributed by atoms with van der Waals surface area (Å²) in [5, 5.41) is 3.49. The van der Waals surface area contributed by atoms with Gasteiger partial charge in [-0.2, -0.15) is 11.8 Å². The standard InChI is InChI=1S/C17H20FNOS/c1-21-17(9-2-10-17)12-19-11-15-7-8-16(20-15)13-3-5-14(18)6-4-13/h3-8,19H,2,9-12H2,1H3. The van der Waals surface area contributed by atoms with Crippen LogP contribution in [0.5, 0.6) is 0 Å². The van der Waals surface area contributed by atoms with Crippen LogP contribution in [0.1, 0.15) is 25.0 Å². The SMILES string of the molecule is CSC1(CNCc2ccc(-c3ccc(F)cc3)o2)CCC1. The molecular formula is C17H20FNOS. The second-order valence-electron chi connectivity index (χ2n) is 5.62. The molecule has 1 aromatic heterocycles. The van der Waals surface area contributed by atoms with Gasteiger partial charge in [0.25, 0.3) is 0 Å². The zero-order chi connectivity index (χ0) is 14.7. The van der Waals surface area contributed by atoms with E-state index in [0.717, 1.165) is 30.2 Å². The third-order valence-electron chi connectivity index (χ3n) is 4.23. The van der Waals surface area contributed by atoms with E-state index in [2.05, 4.69) is 11.6 Å². The van der Waals surface area contributed by atoms with Crippen molar-refractivity contribution in [3.8, 4) is 11.3 Å². The highest BCUT2D eigenvalue weighted by molar-refractivity contribution is 8.00. The van der Waals surface area contributed by atoms with E-state index in [-0.39, 0.29) is 5.82 Å². The molecule has 3 rings (SSSR count). The largest absolute Gasteiger partial charge is 0.460 e. The summed E-state index contributed by atoms with van der Waals surface area (Å²) >= 11 is 1.97. The van der Waals surface area contributed by atoms with Crippen molar-refractivity contribution in [1.29, 1.82) is 0 Å². The Bertz CT molecular complexity index is 584. The molecule has 0 saturated heterocycles. The van der Waals surface area contributed by atoms with Crippen molar-refractivity contribution >= 4 is 11.8 Å². The molecule has 1 aliphatic carbocycles. The molecule has 0 atom stereocenters. The summed E-state index contributed by atoms with van der Waals surface area (Å²) in [4.78, 5) is 0. The van der Waals surface area contributed by atoms with Gasteiger partial charge in [-0.15, -0.1) is 0 Å². The molecular weight excluding hydrogens is 285 g/mol. The number of nitrogens with one attached hydrogen (secondary N) is 1. The van der Waals surface area contributed by atoms with Crippen LogP contribution < -0.4 is 5.32 Å². The molecule has 1 N–H and O–H groups in total. The predicted octanol–water partition coefficient (Wildman–Crippen LogP) is 4.46. The van der Waals surface area contributed by atoms with Gasteiger partial charge in [0.2, 0.25) is 0 Å². The smallest absolute Gasteiger partial charge is 0.134 e. The van der Waals surface area contributed by atoms with Gasteiger partial charge in [-0.3, -0.25) is 0 Å². The number of halogens is 1. The average molecular weight is 305 g/mol. The van der Waals surface area contributed by atoms with Gasteiger partial charge in [0, 0.05) is 16.9 Å². The Balaban J connectivity index is 1.56. The molecule has 0 aliphatic heterocycles. The predicted molar refractivity (Wildman–Crippen MR) is 85.9 cm³/mol.